The third-order valence-electron chi connectivity index (χ3n) is 4.96. The van der Waals surface area contributed by atoms with Crippen LogP contribution in [0.2, 0.25) is 5.02 Å². The number of fused-ring (bicyclic) bond motifs is 1. The molecule has 2 aromatic carbocycles. The van der Waals surface area contributed by atoms with Crippen LogP contribution in [0, 0.1) is 23.1 Å². The summed E-state index contributed by atoms with van der Waals surface area (Å²) in [5.74, 6) is -1.62. The highest BCUT2D eigenvalue weighted by Crippen LogP contribution is 2.35. The Balaban J connectivity index is 0.000000406. The number of carbonyl (C=O) groups is 1. The van der Waals surface area contributed by atoms with Crippen molar-refractivity contribution in [1.29, 1.82) is 5.26 Å². The number of hydrogen-bond acceptors (Lipinski definition) is 6. The highest BCUT2D eigenvalue weighted by atomic mass is 35.5. The molecule has 0 aliphatic heterocycles. The van der Waals surface area contributed by atoms with Crippen molar-refractivity contribution in [2.24, 2.45) is 5.92 Å². The normalized spacial score (nSPS) is 13.9. The molecule has 1 aromatic heterocycles. The van der Waals surface area contributed by atoms with E-state index in [9.17, 15) is 22.8 Å². The minimum atomic E-state index is -5.08. The van der Waals surface area contributed by atoms with E-state index in [0.717, 1.165) is 5.39 Å². The van der Waals surface area contributed by atoms with Crippen molar-refractivity contribution in [2.45, 2.75) is 32.0 Å². The molecule has 1 unspecified atom stereocenters. The third-order valence-corrected chi connectivity index (χ3v) is 5.25. The number of nitrogens with zero attached hydrogens (tertiary/aromatic N) is 3. The summed E-state index contributed by atoms with van der Waals surface area (Å²) in [6, 6.07) is 12.2. The molecule has 3 aromatic rings. The Bertz CT molecular complexity index is 1260. The summed E-state index contributed by atoms with van der Waals surface area (Å²) >= 11 is 5.85. The maximum atomic E-state index is 13.4. The van der Waals surface area contributed by atoms with E-state index < -0.39 is 18.0 Å². The first kappa shape index (κ1) is 25.0. The topological polar surface area (TPSA) is 111 Å². The summed E-state index contributed by atoms with van der Waals surface area (Å²) in [5, 5.41) is 23.9. The summed E-state index contributed by atoms with van der Waals surface area (Å²) in [6.45, 7) is 2.13. The van der Waals surface area contributed by atoms with Crippen molar-refractivity contribution in [3.05, 3.63) is 52.8 Å². The molecule has 0 spiro atoms. The van der Waals surface area contributed by atoms with Crippen LogP contribution in [0.3, 0.4) is 0 Å². The van der Waals surface area contributed by atoms with Gasteiger partial charge in [-0.15, -0.1) is 0 Å². The number of aliphatic carboxylic acids is 1. The molecule has 12 heteroatoms. The molecular weight excluding hydrogens is 478 g/mol. The predicted octanol–water partition coefficient (Wildman–Crippen LogP) is 5.88. The van der Waals surface area contributed by atoms with E-state index in [2.05, 4.69) is 33.6 Å². The molecule has 1 fully saturated rings. The molecular formula is C22H18ClF4N5O2. The summed E-state index contributed by atoms with van der Waals surface area (Å²) in [5.41, 5.74) is 1.60. The molecule has 34 heavy (non-hydrogen) atoms. The maximum Gasteiger partial charge on any atom is 0.490 e. The van der Waals surface area contributed by atoms with Crippen molar-refractivity contribution in [1.82, 2.24) is 9.97 Å². The van der Waals surface area contributed by atoms with Gasteiger partial charge in [-0.25, -0.2) is 14.2 Å². The quantitative estimate of drug-likeness (QED) is 0.379. The minimum Gasteiger partial charge on any atom is -0.475 e. The van der Waals surface area contributed by atoms with E-state index in [0.29, 0.717) is 34.5 Å². The molecule has 0 saturated heterocycles. The van der Waals surface area contributed by atoms with Crippen molar-refractivity contribution in [3.8, 4) is 6.07 Å². The van der Waals surface area contributed by atoms with Crippen LogP contribution in [0.5, 0.6) is 0 Å². The highest BCUT2D eigenvalue weighted by Gasteiger charge is 2.38. The van der Waals surface area contributed by atoms with Gasteiger partial charge in [0.05, 0.1) is 16.1 Å². The SMILES string of the molecule is CC(Nc1nc(Nc2ccc(F)c(Cl)c2)nc2c(C#N)cccc12)C1CC1.O=C(O)C(F)(F)F. The lowest BCUT2D eigenvalue weighted by Crippen LogP contribution is -2.21. The fourth-order valence-corrected chi connectivity index (χ4v) is 3.22. The fraction of sp³-hybridized carbons (Fsp3) is 0.273. The second-order valence-electron chi connectivity index (χ2n) is 7.54. The summed E-state index contributed by atoms with van der Waals surface area (Å²) in [6.07, 6.45) is -2.67. The zero-order valence-corrected chi connectivity index (χ0v) is 18.4. The summed E-state index contributed by atoms with van der Waals surface area (Å²) in [7, 11) is 0. The van der Waals surface area contributed by atoms with Crippen LogP contribution >= 0.6 is 11.6 Å². The zero-order chi connectivity index (χ0) is 25.0. The van der Waals surface area contributed by atoms with Crippen LogP contribution in [-0.2, 0) is 4.79 Å². The number of rotatable bonds is 5. The number of halogens is 5. The average molecular weight is 496 g/mol. The molecule has 0 amide bonds. The van der Waals surface area contributed by atoms with Crippen molar-refractivity contribution < 1.29 is 27.5 Å². The Labute approximate surface area is 196 Å². The lowest BCUT2D eigenvalue weighted by Gasteiger charge is -2.17. The van der Waals surface area contributed by atoms with Crippen LogP contribution in [0.4, 0.5) is 35.0 Å². The number of para-hydroxylation sites is 1. The summed E-state index contributed by atoms with van der Waals surface area (Å²) < 4.78 is 45.1. The Morgan fingerprint density at radius 2 is 1.94 bits per heavy atom. The van der Waals surface area contributed by atoms with E-state index in [4.69, 9.17) is 21.5 Å². The van der Waals surface area contributed by atoms with Crippen LogP contribution in [-0.4, -0.2) is 33.3 Å². The molecule has 0 radical (unpaired) electrons. The largest absolute Gasteiger partial charge is 0.490 e. The molecule has 3 N–H and O–H groups in total. The van der Waals surface area contributed by atoms with E-state index in [1.165, 1.54) is 25.0 Å². The Kier molecular flexibility index (Phi) is 7.41. The maximum absolute atomic E-state index is 13.4. The second kappa shape index (κ2) is 10.1. The molecule has 0 bridgehead atoms. The number of alkyl halides is 3. The van der Waals surface area contributed by atoms with Crippen LogP contribution < -0.4 is 10.6 Å². The van der Waals surface area contributed by atoms with Crippen molar-refractivity contribution in [3.63, 3.8) is 0 Å². The van der Waals surface area contributed by atoms with Crippen LogP contribution in [0.1, 0.15) is 25.3 Å². The standard InChI is InChI=1S/C20H17ClFN5.C2HF3O2/c1-11(12-5-6-12)24-19-15-4-2-3-13(10-23)18(15)26-20(27-19)25-14-7-8-17(22)16(21)9-14;3-2(4,5)1(6)7/h2-4,7-9,11-12H,5-6H2,1H3,(H2,24,25,26,27);(H,6,7). The van der Waals surface area contributed by atoms with Gasteiger partial charge in [-0.1, -0.05) is 17.7 Å². The van der Waals surface area contributed by atoms with Gasteiger partial charge in [-0.3, -0.25) is 0 Å². The first-order chi connectivity index (χ1) is 16.0. The van der Waals surface area contributed by atoms with Gasteiger partial charge in [0, 0.05) is 17.1 Å². The van der Waals surface area contributed by atoms with Gasteiger partial charge in [0.15, 0.2) is 0 Å². The van der Waals surface area contributed by atoms with Gasteiger partial charge >= 0.3 is 12.1 Å². The second-order valence-corrected chi connectivity index (χ2v) is 7.94. The first-order valence-corrected chi connectivity index (χ1v) is 10.4. The van der Waals surface area contributed by atoms with Crippen molar-refractivity contribution in [2.75, 3.05) is 10.6 Å². The van der Waals surface area contributed by atoms with Crippen LogP contribution in [0.15, 0.2) is 36.4 Å². The zero-order valence-electron chi connectivity index (χ0n) is 17.6. The average Bonchev–Trinajstić information content (AvgIpc) is 3.61. The van der Waals surface area contributed by atoms with Gasteiger partial charge in [-0.05, 0) is 56.0 Å². The number of benzene rings is 2. The highest BCUT2D eigenvalue weighted by molar-refractivity contribution is 6.31. The lowest BCUT2D eigenvalue weighted by molar-refractivity contribution is -0.192. The predicted molar refractivity (Wildman–Crippen MR) is 118 cm³/mol. The van der Waals surface area contributed by atoms with Gasteiger partial charge in [0.25, 0.3) is 0 Å². The summed E-state index contributed by atoms with van der Waals surface area (Å²) in [4.78, 5) is 18.0. The van der Waals surface area contributed by atoms with Gasteiger partial charge in [0.2, 0.25) is 5.95 Å². The van der Waals surface area contributed by atoms with E-state index in [1.807, 2.05) is 12.1 Å². The Morgan fingerprint density at radius 1 is 1.26 bits per heavy atom. The fourth-order valence-electron chi connectivity index (χ4n) is 3.04. The molecule has 1 aliphatic rings. The van der Waals surface area contributed by atoms with Gasteiger partial charge in [0.1, 0.15) is 17.7 Å². The molecule has 1 atom stereocenters. The van der Waals surface area contributed by atoms with Crippen molar-refractivity contribution >= 4 is 45.9 Å². The Hall–Kier alpha value is -3.65. The van der Waals surface area contributed by atoms with E-state index in [1.54, 1.807) is 12.1 Å². The number of anilines is 3. The lowest BCUT2D eigenvalue weighted by atomic mass is 10.1. The Morgan fingerprint density at radius 3 is 2.50 bits per heavy atom. The minimum absolute atomic E-state index is 0.0132. The number of carboxylic acids is 1. The molecule has 1 aliphatic carbocycles. The number of nitriles is 1. The van der Waals surface area contributed by atoms with Gasteiger partial charge in [-0.2, -0.15) is 23.4 Å². The smallest absolute Gasteiger partial charge is 0.475 e. The number of carboxylic acid groups (broad SMARTS) is 1. The number of aromatic nitrogens is 2. The molecule has 7 nitrogen and oxygen atoms in total. The third kappa shape index (κ3) is 6.23. The number of nitrogens with one attached hydrogen (secondary N) is 2. The number of hydrogen-bond donors (Lipinski definition) is 3. The van der Waals surface area contributed by atoms with Gasteiger partial charge < -0.3 is 15.7 Å². The molecule has 1 saturated carbocycles. The first-order valence-electron chi connectivity index (χ1n) is 9.99. The molecule has 1 heterocycles. The van der Waals surface area contributed by atoms with E-state index in [-0.39, 0.29) is 11.1 Å². The molecule has 4 rings (SSSR count). The monoisotopic (exact) mass is 495 g/mol. The molecule has 178 valence electrons. The van der Waals surface area contributed by atoms with Crippen LogP contribution in [0.25, 0.3) is 10.9 Å². The van der Waals surface area contributed by atoms with E-state index >= 15 is 0 Å².